The summed E-state index contributed by atoms with van der Waals surface area (Å²) in [5.74, 6) is -0.166. The molecule has 1 amide bonds. The van der Waals surface area contributed by atoms with E-state index >= 15 is 0 Å². The number of hydrogen-bond acceptors (Lipinski definition) is 7. The van der Waals surface area contributed by atoms with Crippen LogP contribution >= 0.6 is 11.3 Å². The molecule has 30 heavy (non-hydrogen) atoms. The number of fused-ring (bicyclic) bond motifs is 2. The lowest BCUT2D eigenvalue weighted by atomic mass is 9.98. The van der Waals surface area contributed by atoms with E-state index in [9.17, 15) is 14.7 Å². The van der Waals surface area contributed by atoms with Crippen molar-refractivity contribution in [3.05, 3.63) is 81.2 Å². The first-order chi connectivity index (χ1) is 14.6. The summed E-state index contributed by atoms with van der Waals surface area (Å²) in [6.45, 7) is 2.17. The van der Waals surface area contributed by atoms with Gasteiger partial charge in [-0.2, -0.15) is 0 Å². The minimum absolute atomic E-state index is 0.00457. The zero-order valence-electron chi connectivity index (χ0n) is 15.9. The largest absolute Gasteiger partial charge is 0.504 e. The number of phenols is 1. The molecule has 0 aliphatic carbocycles. The van der Waals surface area contributed by atoms with Gasteiger partial charge in [-0.25, -0.2) is 4.98 Å². The number of rotatable bonds is 4. The van der Waals surface area contributed by atoms with Crippen LogP contribution in [-0.2, 0) is 0 Å². The van der Waals surface area contributed by atoms with E-state index in [1.807, 2.05) is 6.92 Å². The second kappa shape index (κ2) is 7.00. The highest BCUT2D eigenvalue weighted by Crippen LogP contribution is 2.43. The van der Waals surface area contributed by atoms with Crippen LogP contribution < -0.4 is 15.1 Å². The van der Waals surface area contributed by atoms with E-state index in [1.165, 1.54) is 22.3 Å². The number of phenolic OH excluding ortho intramolecular Hbond substituents is 1. The molecular weight excluding hydrogens is 404 g/mol. The number of anilines is 1. The molecule has 1 N–H and O–H groups in total. The summed E-state index contributed by atoms with van der Waals surface area (Å²) in [5.41, 5.74) is 0.952. The van der Waals surface area contributed by atoms with Gasteiger partial charge in [0.25, 0.3) is 5.91 Å². The third kappa shape index (κ3) is 2.68. The third-order valence-corrected chi connectivity index (χ3v) is 5.77. The smallest absolute Gasteiger partial charge is 0.297 e. The Bertz CT molecular complexity index is 1330. The fourth-order valence-electron chi connectivity index (χ4n) is 3.74. The average Bonchev–Trinajstić information content (AvgIpc) is 3.37. The van der Waals surface area contributed by atoms with Crippen molar-refractivity contribution in [2.75, 3.05) is 11.5 Å². The van der Waals surface area contributed by atoms with Gasteiger partial charge in [0.1, 0.15) is 5.58 Å². The number of carbonyl (C=O) groups excluding carboxylic acids is 1. The maximum absolute atomic E-state index is 13.4. The summed E-state index contributed by atoms with van der Waals surface area (Å²) in [4.78, 5) is 32.5. The van der Waals surface area contributed by atoms with E-state index in [-0.39, 0.29) is 28.3 Å². The normalized spacial score (nSPS) is 15.6. The van der Waals surface area contributed by atoms with Crippen molar-refractivity contribution in [2.24, 2.45) is 0 Å². The molecule has 2 aromatic carbocycles. The number of carbonyl (C=O) groups is 1. The molecule has 0 unspecified atom stereocenters. The van der Waals surface area contributed by atoms with Gasteiger partial charge in [0, 0.05) is 11.6 Å². The van der Waals surface area contributed by atoms with Crippen molar-refractivity contribution < 1.29 is 19.1 Å². The summed E-state index contributed by atoms with van der Waals surface area (Å²) in [6.07, 6.45) is 1.60. The molecule has 0 fully saturated rings. The highest BCUT2D eigenvalue weighted by molar-refractivity contribution is 7.13. The first kappa shape index (κ1) is 18.4. The molecule has 0 spiro atoms. The van der Waals surface area contributed by atoms with Crippen molar-refractivity contribution in [1.29, 1.82) is 0 Å². The van der Waals surface area contributed by atoms with Gasteiger partial charge in [0.05, 0.1) is 23.6 Å². The topological polar surface area (TPSA) is 92.9 Å². The van der Waals surface area contributed by atoms with Gasteiger partial charge in [-0.05, 0) is 36.8 Å². The number of amides is 1. The van der Waals surface area contributed by atoms with Crippen LogP contribution in [0.4, 0.5) is 5.13 Å². The number of para-hydroxylation sites is 1. The van der Waals surface area contributed by atoms with Crippen LogP contribution in [0.25, 0.3) is 11.0 Å². The van der Waals surface area contributed by atoms with E-state index < -0.39 is 11.9 Å². The maximum atomic E-state index is 13.4. The Labute approximate surface area is 174 Å². The number of benzene rings is 2. The minimum Gasteiger partial charge on any atom is -0.504 e. The molecule has 2 aromatic heterocycles. The van der Waals surface area contributed by atoms with Crippen molar-refractivity contribution in [3.8, 4) is 11.5 Å². The summed E-state index contributed by atoms with van der Waals surface area (Å²) in [7, 11) is 0. The summed E-state index contributed by atoms with van der Waals surface area (Å²) in [5, 5.41) is 12.7. The van der Waals surface area contributed by atoms with Crippen LogP contribution in [0, 0.1) is 0 Å². The molecule has 7 nitrogen and oxygen atoms in total. The second-order valence-electron chi connectivity index (χ2n) is 6.72. The Morgan fingerprint density at radius 1 is 1.23 bits per heavy atom. The van der Waals surface area contributed by atoms with Crippen LogP contribution in [0.2, 0.25) is 0 Å². The molecule has 150 valence electrons. The molecule has 5 rings (SSSR count). The fourth-order valence-corrected chi connectivity index (χ4v) is 4.41. The predicted octanol–water partition coefficient (Wildman–Crippen LogP) is 4.10. The molecule has 1 aliphatic heterocycles. The quantitative estimate of drug-likeness (QED) is 0.534. The number of aromatic hydroxyl groups is 1. The fraction of sp³-hybridized carbons (Fsp3) is 0.136. The Kier molecular flexibility index (Phi) is 4.29. The van der Waals surface area contributed by atoms with E-state index in [1.54, 1.807) is 48.0 Å². The summed E-state index contributed by atoms with van der Waals surface area (Å²) >= 11 is 1.29. The van der Waals surface area contributed by atoms with Crippen molar-refractivity contribution >= 4 is 33.3 Å². The zero-order valence-corrected chi connectivity index (χ0v) is 16.7. The molecule has 3 heterocycles. The monoisotopic (exact) mass is 420 g/mol. The van der Waals surface area contributed by atoms with Crippen LogP contribution in [0.3, 0.4) is 0 Å². The lowest BCUT2D eigenvalue weighted by molar-refractivity contribution is 0.0971. The third-order valence-electron chi connectivity index (χ3n) is 5.00. The van der Waals surface area contributed by atoms with Gasteiger partial charge in [0.15, 0.2) is 22.1 Å². The number of hydrogen-bond donors (Lipinski definition) is 1. The number of thiazole rings is 1. The zero-order chi connectivity index (χ0) is 20.8. The Morgan fingerprint density at radius 2 is 2.07 bits per heavy atom. The maximum Gasteiger partial charge on any atom is 0.297 e. The molecule has 0 radical (unpaired) electrons. The second-order valence-corrected chi connectivity index (χ2v) is 7.60. The molecular formula is C22H16N2O5S. The first-order valence-electron chi connectivity index (χ1n) is 9.34. The summed E-state index contributed by atoms with van der Waals surface area (Å²) < 4.78 is 11.4. The number of nitrogens with zero attached hydrogens (tertiary/aromatic N) is 2. The highest BCUT2D eigenvalue weighted by Gasteiger charge is 2.44. The minimum atomic E-state index is -0.751. The lowest BCUT2D eigenvalue weighted by Crippen LogP contribution is -2.29. The van der Waals surface area contributed by atoms with Gasteiger partial charge < -0.3 is 14.3 Å². The van der Waals surface area contributed by atoms with Crippen molar-refractivity contribution in [1.82, 2.24) is 4.98 Å². The lowest BCUT2D eigenvalue weighted by Gasteiger charge is -2.23. The van der Waals surface area contributed by atoms with E-state index in [0.717, 1.165) is 0 Å². The molecule has 1 atom stereocenters. The van der Waals surface area contributed by atoms with E-state index in [4.69, 9.17) is 9.15 Å². The van der Waals surface area contributed by atoms with Crippen LogP contribution in [0.5, 0.6) is 11.5 Å². The molecule has 0 saturated carbocycles. The Hall–Kier alpha value is -3.65. The van der Waals surface area contributed by atoms with Crippen molar-refractivity contribution in [3.63, 3.8) is 0 Å². The average molecular weight is 420 g/mol. The Balaban J connectivity index is 1.80. The SMILES string of the molecule is CCOc1cc([C@@H]2c3c(oc4ccccc4c3=O)C(=O)N2c2nccs2)ccc1O. The molecule has 0 bridgehead atoms. The molecule has 4 aromatic rings. The van der Waals surface area contributed by atoms with E-state index in [2.05, 4.69) is 4.98 Å². The number of ether oxygens (including phenoxy) is 1. The highest BCUT2D eigenvalue weighted by atomic mass is 32.1. The Morgan fingerprint density at radius 3 is 2.83 bits per heavy atom. The van der Waals surface area contributed by atoms with Crippen LogP contribution in [0.1, 0.15) is 34.6 Å². The molecule has 1 aliphatic rings. The standard InChI is InChI=1S/C22H16N2O5S/c1-2-28-16-11-12(7-8-14(16)25)18-17-19(26)13-5-3-4-6-15(13)29-20(17)21(27)24(18)22-23-9-10-30-22/h3-11,18,25H,2H2,1H3/t18-/m1/s1. The van der Waals surface area contributed by atoms with Crippen molar-refractivity contribution in [2.45, 2.75) is 13.0 Å². The van der Waals surface area contributed by atoms with Crippen LogP contribution in [-0.4, -0.2) is 22.6 Å². The van der Waals surface area contributed by atoms with Gasteiger partial charge in [-0.15, -0.1) is 11.3 Å². The van der Waals surface area contributed by atoms with Gasteiger partial charge >= 0.3 is 0 Å². The predicted molar refractivity (Wildman–Crippen MR) is 113 cm³/mol. The van der Waals surface area contributed by atoms with Gasteiger partial charge in [-0.1, -0.05) is 18.2 Å². The van der Waals surface area contributed by atoms with Crippen LogP contribution in [0.15, 0.2) is 63.3 Å². The van der Waals surface area contributed by atoms with E-state index in [0.29, 0.717) is 28.3 Å². The van der Waals surface area contributed by atoms with Gasteiger partial charge in [-0.3, -0.25) is 14.5 Å². The summed E-state index contributed by atoms with van der Waals surface area (Å²) in [6, 6.07) is 10.9. The molecule has 8 heteroatoms. The molecule has 0 saturated heterocycles. The first-order valence-corrected chi connectivity index (χ1v) is 10.2. The number of aromatic nitrogens is 1. The van der Waals surface area contributed by atoms with Gasteiger partial charge in [0.2, 0.25) is 5.76 Å².